The minimum Gasteiger partial charge on any atom is -0.397 e. The van der Waals surface area contributed by atoms with Crippen LogP contribution in [0, 0.1) is 12.8 Å². The second-order valence-corrected chi connectivity index (χ2v) is 6.38. The number of hydrogen-bond donors (Lipinski definition) is 2. The Hall–Kier alpha value is -3.02. The molecule has 4 rings (SSSR count). The molecule has 0 saturated heterocycles. The Bertz CT molecular complexity index is 988. The highest BCUT2D eigenvalue weighted by Crippen LogP contribution is 2.35. The number of anilines is 2. The van der Waals surface area contributed by atoms with Crippen molar-refractivity contribution >= 4 is 28.2 Å². The van der Waals surface area contributed by atoms with Crippen LogP contribution >= 0.6 is 0 Å². The normalized spacial score (nSPS) is 19.0. The Morgan fingerprint density at radius 2 is 2.04 bits per heavy atom. The van der Waals surface area contributed by atoms with Crippen LogP contribution in [0.25, 0.3) is 21.9 Å². The number of amides is 1. The fraction of sp³-hybridized carbons (Fsp3) is 0.211. The highest BCUT2D eigenvalue weighted by atomic mass is 19.1. The molecule has 1 fully saturated rings. The molecular formula is C19H17FN4O. The Balaban J connectivity index is 1.65. The van der Waals surface area contributed by atoms with Crippen molar-refractivity contribution < 1.29 is 9.18 Å². The molecule has 0 spiro atoms. The van der Waals surface area contributed by atoms with Crippen LogP contribution in [0.2, 0.25) is 0 Å². The predicted molar refractivity (Wildman–Crippen MR) is 95.8 cm³/mol. The van der Waals surface area contributed by atoms with Gasteiger partial charge in [-0.05, 0) is 42.0 Å². The van der Waals surface area contributed by atoms with Crippen molar-refractivity contribution in [1.29, 1.82) is 0 Å². The average Bonchev–Trinajstić information content (AvgIpc) is 3.34. The molecular weight excluding hydrogens is 319 g/mol. The van der Waals surface area contributed by atoms with Gasteiger partial charge in [-0.3, -0.25) is 9.78 Å². The Labute approximate surface area is 144 Å². The van der Waals surface area contributed by atoms with Gasteiger partial charge in [0.1, 0.15) is 12.0 Å². The fourth-order valence-electron chi connectivity index (χ4n) is 2.86. The molecule has 0 aliphatic heterocycles. The molecule has 2 aromatic heterocycles. The van der Waals surface area contributed by atoms with Gasteiger partial charge in [0.25, 0.3) is 0 Å². The van der Waals surface area contributed by atoms with Gasteiger partial charge in [0.15, 0.2) is 0 Å². The van der Waals surface area contributed by atoms with Crippen LogP contribution in [0.3, 0.4) is 0 Å². The summed E-state index contributed by atoms with van der Waals surface area (Å²) in [4.78, 5) is 20.2. The van der Waals surface area contributed by atoms with Crippen LogP contribution in [0.1, 0.15) is 12.0 Å². The number of nitrogens with one attached hydrogen (secondary N) is 1. The molecule has 25 heavy (non-hydrogen) atoms. The smallest absolute Gasteiger partial charge is 0.231 e. The van der Waals surface area contributed by atoms with Crippen molar-refractivity contribution in [2.24, 2.45) is 5.92 Å². The van der Waals surface area contributed by atoms with Gasteiger partial charge in [-0.15, -0.1) is 0 Å². The van der Waals surface area contributed by atoms with Gasteiger partial charge in [-0.1, -0.05) is 12.1 Å². The van der Waals surface area contributed by atoms with Crippen LogP contribution in [-0.2, 0) is 4.79 Å². The molecule has 1 aliphatic rings. The number of aromatic nitrogens is 2. The number of pyridine rings is 2. The lowest BCUT2D eigenvalue weighted by Gasteiger charge is -2.10. The van der Waals surface area contributed by atoms with E-state index < -0.39 is 12.1 Å². The average molecular weight is 336 g/mol. The molecule has 0 bridgehead atoms. The molecule has 5 nitrogen and oxygen atoms in total. The van der Waals surface area contributed by atoms with E-state index in [0.29, 0.717) is 17.9 Å². The predicted octanol–water partition coefficient (Wildman–Crippen LogP) is 3.48. The molecule has 1 aliphatic carbocycles. The minimum absolute atomic E-state index is 0.302. The molecule has 2 atom stereocenters. The van der Waals surface area contributed by atoms with Gasteiger partial charge in [0.2, 0.25) is 5.91 Å². The second kappa shape index (κ2) is 5.81. The van der Waals surface area contributed by atoms with E-state index in [-0.39, 0.29) is 5.91 Å². The van der Waals surface area contributed by atoms with E-state index in [1.165, 1.54) is 0 Å². The maximum absolute atomic E-state index is 13.0. The number of carbonyl (C=O) groups is 1. The summed E-state index contributed by atoms with van der Waals surface area (Å²) in [5, 5.41) is 4.55. The first kappa shape index (κ1) is 15.5. The first-order valence-corrected chi connectivity index (χ1v) is 8.08. The number of nitrogen functional groups attached to an aromatic ring is 1. The maximum atomic E-state index is 13.0. The standard InChI is InChI=1S/C19H17FN4O/c1-10-15(8-22-9-17(10)21)12-3-2-11-5-18(23-7-13(11)4-12)24-19(25)14-6-16(14)20/h2-5,7-9,14,16H,6,21H2,1H3,(H,23,24,25). The van der Waals surface area contributed by atoms with Crippen molar-refractivity contribution in [2.75, 3.05) is 11.1 Å². The van der Waals surface area contributed by atoms with Crippen molar-refractivity contribution in [3.05, 3.63) is 48.4 Å². The Morgan fingerprint density at radius 1 is 1.24 bits per heavy atom. The highest BCUT2D eigenvalue weighted by molar-refractivity contribution is 5.96. The van der Waals surface area contributed by atoms with E-state index in [1.54, 1.807) is 24.7 Å². The van der Waals surface area contributed by atoms with Crippen LogP contribution in [0.15, 0.2) is 42.9 Å². The van der Waals surface area contributed by atoms with E-state index in [0.717, 1.165) is 27.5 Å². The fourth-order valence-corrected chi connectivity index (χ4v) is 2.86. The summed E-state index contributed by atoms with van der Waals surface area (Å²) in [6.45, 7) is 1.96. The summed E-state index contributed by atoms with van der Waals surface area (Å²) in [5.74, 6) is -0.400. The molecule has 0 radical (unpaired) electrons. The van der Waals surface area contributed by atoms with E-state index >= 15 is 0 Å². The van der Waals surface area contributed by atoms with Crippen molar-refractivity contribution in [3.63, 3.8) is 0 Å². The molecule has 1 saturated carbocycles. The Morgan fingerprint density at radius 3 is 2.80 bits per heavy atom. The third-order valence-corrected chi connectivity index (χ3v) is 4.59. The van der Waals surface area contributed by atoms with E-state index in [1.807, 2.05) is 25.1 Å². The molecule has 1 aromatic carbocycles. The van der Waals surface area contributed by atoms with Gasteiger partial charge < -0.3 is 11.1 Å². The molecule has 126 valence electrons. The van der Waals surface area contributed by atoms with Crippen LogP contribution < -0.4 is 11.1 Å². The topological polar surface area (TPSA) is 80.9 Å². The number of halogens is 1. The van der Waals surface area contributed by atoms with Gasteiger partial charge in [-0.2, -0.15) is 0 Å². The van der Waals surface area contributed by atoms with Crippen LogP contribution in [0.5, 0.6) is 0 Å². The first-order valence-electron chi connectivity index (χ1n) is 8.08. The van der Waals surface area contributed by atoms with Gasteiger partial charge >= 0.3 is 0 Å². The Kier molecular flexibility index (Phi) is 3.60. The highest BCUT2D eigenvalue weighted by Gasteiger charge is 2.43. The third kappa shape index (κ3) is 2.91. The molecule has 2 heterocycles. The molecule has 1 amide bonds. The maximum Gasteiger partial charge on any atom is 0.231 e. The molecule has 2 unspecified atom stereocenters. The number of fused-ring (bicyclic) bond motifs is 1. The van der Waals surface area contributed by atoms with Crippen LogP contribution in [-0.4, -0.2) is 22.0 Å². The summed E-state index contributed by atoms with van der Waals surface area (Å²) in [7, 11) is 0. The van der Waals surface area contributed by atoms with Gasteiger partial charge in [0, 0.05) is 23.3 Å². The van der Waals surface area contributed by atoms with E-state index in [9.17, 15) is 9.18 Å². The van der Waals surface area contributed by atoms with E-state index in [2.05, 4.69) is 15.3 Å². The lowest BCUT2D eigenvalue weighted by Crippen LogP contribution is -2.15. The zero-order chi connectivity index (χ0) is 17.6. The summed E-state index contributed by atoms with van der Waals surface area (Å²) in [5.41, 5.74) is 9.55. The summed E-state index contributed by atoms with van der Waals surface area (Å²) < 4.78 is 13.0. The number of alkyl halides is 1. The summed E-state index contributed by atoms with van der Waals surface area (Å²) >= 11 is 0. The largest absolute Gasteiger partial charge is 0.397 e. The van der Waals surface area contributed by atoms with Gasteiger partial charge in [-0.25, -0.2) is 9.37 Å². The number of hydrogen-bond acceptors (Lipinski definition) is 4. The number of nitrogens with zero attached hydrogens (tertiary/aromatic N) is 2. The number of benzene rings is 1. The third-order valence-electron chi connectivity index (χ3n) is 4.59. The van der Waals surface area contributed by atoms with E-state index in [4.69, 9.17) is 5.73 Å². The SMILES string of the molecule is Cc1c(N)cncc1-c1ccc2cc(NC(=O)C3CC3F)ncc2c1. The van der Waals surface area contributed by atoms with Crippen molar-refractivity contribution in [2.45, 2.75) is 19.5 Å². The minimum atomic E-state index is -1.02. The number of rotatable bonds is 3. The lowest BCUT2D eigenvalue weighted by atomic mass is 9.99. The first-order chi connectivity index (χ1) is 12.0. The zero-order valence-corrected chi connectivity index (χ0v) is 13.7. The zero-order valence-electron chi connectivity index (χ0n) is 13.7. The number of nitrogens with two attached hydrogens (primary N) is 1. The molecule has 6 heteroatoms. The monoisotopic (exact) mass is 336 g/mol. The quantitative estimate of drug-likeness (QED) is 0.767. The summed E-state index contributed by atoms with van der Waals surface area (Å²) in [6.07, 6.45) is 4.41. The van der Waals surface area contributed by atoms with Gasteiger partial charge in [0.05, 0.1) is 17.8 Å². The lowest BCUT2D eigenvalue weighted by molar-refractivity contribution is -0.117. The second-order valence-electron chi connectivity index (χ2n) is 6.38. The molecule has 3 aromatic rings. The van der Waals surface area contributed by atoms with Crippen molar-refractivity contribution in [3.8, 4) is 11.1 Å². The summed E-state index contributed by atoms with van der Waals surface area (Å²) in [6, 6.07) is 7.74. The van der Waals surface area contributed by atoms with Crippen molar-refractivity contribution in [1.82, 2.24) is 9.97 Å². The molecule has 3 N–H and O–H groups in total. The van der Waals surface area contributed by atoms with Crippen LogP contribution in [0.4, 0.5) is 15.9 Å². The number of carbonyl (C=O) groups excluding carboxylic acids is 1.